The van der Waals surface area contributed by atoms with E-state index < -0.39 is 10.0 Å². The molecule has 0 unspecified atom stereocenters. The molecule has 0 radical (unpaired) electrons. The maximum atomic E-state index is 12.6. The number of hydrogen-bond acceptors (Lipinski definition) is 3. The largest absolute Gasteiger partial charge is 0.346 e. The summed E-state index contributed by atoms with van der Waals surface area (Å²) in [6, 6.07) is 14.7. The first-order valence-electron chi connectivity index (χ1n) is 9.36. The summed E-state index contributed by atoms with van der Waals surface area (Å²) in [6.07, 6.45) is 0.989. The van der Waals surface area contributed by atoms with Crippen molar-refractivity contribution < 1.29 is 18.1 Å². The van der Waals surface area contributed by atoms with Crippen molar-refractivity contribution in [3.8, 4) is 0 Å². The van der Waals surface area contributed by atoms with Gasteiger partial charge in [-0.2, -0.15) is 0 Å². The molecule has 1 atom stereocenters. The van der Waals surface area contributed by atoms with Crippen LogP contribution in [0.4, 0.5) is 0 Å². The molecule has 152 valence electrons. The lowest BCUT2D eigenvalue weighted by atomic mass is 10.0. The molecule has 7 heteroatoms. The van der Waals surface area contributed by atoms with Crippen molar-refractivity contribution in [2.45, 2.75) is 24.3 Å². The molecule has 0 heterocycles. The van der Waals surface area contributed by atoms with Gasteiger partial charge in [-0.15, -0.1) is 0 Å². The molecule has 0 aliphatic rings. The quantitative estimate of drug-likeness (QED) is 0.693. The molecule has 0 aromatic heterocycles. The van der Waals surface area contributed by atoms with Crippen LogP contribution in [0.3, 0.4) is 0 Å². The smallest absolute Gasteiger partial charge is 0.251 e. The van der Waals surface area contributed by atoms with Crippen molar-refractivity contribution in [3.63, 3.8) is 0 Å². The van der Waals surface area contributed by atoms with Crippen LogP contribution in [0.15, 0.2) is 53.4 Å². The number of nitrogens with zero attached hydrogens (tertiary/aromatic N) is 1. The summed E-state index contributed by atoms with van der Waals surface area (Å²) in [6.45, 7) is 2.58. The Bertz CT molecular complexity index is 907. The first-order chi connectivity index (χ1) is 13.2. The number of likely N-dealkylation sites (N-methyl/N-ethyl adjacent to an activating group) is 1. The van der Waals surface area contributed by atoms with Gasteiger partial charge in [0.05, 0.1) is 25.5 Å². The second-order valence-corrected chi connectivity index (χ2v) is 9.40. The van der Waals surface area contributed by atoms with Crippen molar-refractivity contribution in [2.24, 2.45) is 0 Å². The van der Waals surface area contributed by atoms with Crippen molar-refractivity contribution in [1.82, 2.24) is 9.62 Å². The van der Waals surface area contributed by atoms with Gasteiger partial charge < -0.3 is 10.2 Å². The van der Waals surface area contributed by atoms with Gasteiger partial charge in [0.15, 0.2) is 0 Å². The van der Waals surface area contributed by atoms with Crippen LogP contribution in [0.5, 0.6) is 0 Å². The van der Waals surface area contributed by atoms with Crippen LogP contribution < -0.4 is 10.2 Å². The summed E-state index contributed by atoms with van der Waals surface area (Å²) >= 11 is 0. The van der Waals surface area contributed by atoms with E-state index in [1.165, 1.54) is 36.7 Å². The van der Waals surface area contributed by atoms with Gasteiger partial charge >= 0.3 is 0 Å². The van der Waals surface area contributed by atoms with Crippen LogP contribution in [-0.2, 0) is 16.4 Å². The van der Waals surface area contributed by atoms with Gasteiger partial charge in [-0.1, -0.05) is 37.3 Å². The molecule has 6 nitrogen and oxygen atoms in total. The summed E-state index contributed by atoms with van der Waals surface area (Å²) in [5.41, 5.74) is 2.76. The Hall–Kier alpha value is -2.22. The number of rotatable bonds is 8. The Balaban J connectivity index is 2.15. The molecule has 2 rings (SSSR count). The zero-order valence-electron chi connectivity index (χ0n) is 17.2. The number of aryl methyl sites for hydroxylation is 1. The minimum atomic E-state index is -3.58. The zero-order chi connectivity index (χ0) is 20.9. The lowest BCUT2D eigenvalue weighted by Crippen LogP contribution is -3.07. The van der Waals surface area contributed by atoms with Crippen molar-refractivity contribution >= 4 is 15.9 Å². The number of amides is 1. The minimum absolute atomic E-state index is 0.101. The second kappa shape index (κ2) is 9.32. The Kier molecular flexibility index (Phi) is 7.35. The van der Waals surface area contributed by atoms with Crippen LogP contribution in [-0.4, -0.2) is 53.4 Å². The van der Waals surface area contributed by atoms with Gasteiger partial charge in [0, 0.05) is 25.2 Å². The Morgan fingerprint density at radius 2 is 1.75 bits per heavy atom. The molecule has 1 amide bonds. The van der Waals surface area contributed by atoms with Gasteiger partial charge in [-0.05, 0) is 30.2 Å². The van der Waals surface area contributed by atoms with Crippen LogP contribution in [0, 0.1) is 0 Å². The van der Waals surface area contributed by atoms with Gasteiger partial charge in [-0.3, -0.25) is 4.79 Å². The van der Waals surface area contributed by atoms with Crippen LogP contribution in [0.25, 0.3) is 0 Å². The summed E-state index contributed by atoms with van der Waals surface area (Å²) in [5, 5.41) is 2.95. The third-order valence-corrected chi connectivity index (χ3v) is 6.64. The van der Waals surface area contributed by atoms with Gasteiger partial charge in [0.2, 0.25) is 10.0 Å². The molecule has 0 aliphatic heterocycles. The number of carbonyl (C=O) groups is 1. The normalized spacial score (nSPS) is 13.0. The molecule has 0 saturated carbocycles. The first-order valence-corrected chi connectivity index (χ1v) is 10.8. The highest BCUT2D eigenvalue weighted by Gasteiger charge is 2.21. The first kappa shape index (κ1) is 22.1. The number of sulfonamides is 1. The topological polar surface area (TPSA) is 70.9 Å². The molecule has 2 N–H and O–H groups in total. The number of quaternary nitrogens is 1. The molecule has 0 fully saturated rings. The lowest BCUT2D eigenvalue weighted by Gasteiger charge is -2.22. The fourth-order valence-electron chi connectivity index (χ4n) is 2.95. The number of carbonyl (C=O) groups excluding carboxylic acids is 1. The Labute approximate surface area is 168 Å². The highest BCUT2D eigenvalue weighted by molar-refractivity contribution is 7.89. The van der Waals surface area contributed by atoms with E-state index in [1.807, 2.05) is 0 Å². The zero-order valence-corrected chi connectivity index (χ0v) is 18.0. The van der Waals surface area contributed by atoms with Crippen LogP contribution in [0.1, 0.15) is 34.5 Å². The molecule has 0 spiro atoms. The van der Waals surface area contributed by atoms with Crippen molar-refractivity contribution in [2.75, 3.05) is 34.7 Å². The summed E-state index contributed by atoms with van der Waals surface area (Å²) in [7, 11) is 3.46. The fraction of sp³-hybridized carbons (Fsp3) is 0.381. The van der Waals surface area contributed by atoms with Crippen molar-refractivity contribution in [1.29, 1.82) is 0 Å². The predicted molar refractivity (Wildman–Crippen MR) is 111 cm³/mol. The lowest BCUT2D eigenvalue weighted by molar-refractivity contribution is -0.890. The van der Waals surface area contributed by atoms with E-state index in [0.717, 1.165) is 16.3 Å². The van der Waals surface area contributed by atoms with E-state index in [0.29, 0.717) is 12.1 Å². The maximum absolute atomic E-state index is 12.6. The molecule has 0 saturated heterocycles. The third-order valence-electron chi connectivity index (χ3n) is 4.83. The minimum Gasteiger partial charge on any atom is -0.346 e. The van der Waals surface area contributed by atoms with Crippen LogP contribution >= 0.6 is 0 Å². The Morgan fingerprint density at radius 3 is 2.29 bits per heavy atom. The highest BCUT2D eigenvalue weighted by Crippen LogP contribution is 2.15. The Morgan fingerprint density at radius 1 is 1.11 bits per heavy atom. The summed E-state index contributed by atoms with van der Waals surface area (Å²) in [5.74, 6) is -0.285. The van der Waals surface area contributed by atoms with E-state index in [1.54, 1.807) is 12.1 Å². The van der Waals surface area contributed by atoms with E-state index in [-0.39, 0.29) is 16.8 Å². The second-order valence-electron chi connectivity index (χ2n) is 7.25. The molecule has 2 aromatic rings. The van der Waals surface area contributed by atoms with E-state index in [4.69, 9.17) is 0 Å². The number of benzene rings is 2. The maximum Gasteiger partial charge on any atom is 0.251 e. The van der Waals surface area contributed by atoms with Gasteiger partial charge in [-0.25, -0.2) is 12.7 Å². The van der Waals surface area contributed by atoms with Crippen LogP contribution in [0.2, 0.25) is 0 Å². The van der Waals surface area contributed by atoms with E-state index in [2.05, 4.69) is 50.6 Å². The molecule has 28 heavy (non-hydrogen) atoms. The summed E-state index contributed by atoms with van der Waals surface area (Å²) < 4.78 is 25.7. The van der Waals surface area contributed by atoms with E-state index in [9.17, 15) is 13.2 Å². The fourth-order valence-corrected chi connectivity index (χ4v) is 3.89. The highest BCUT2D eigenvalue weighted by atomic mass is 32.2. The van der Waals surface area contributed by atoms with Gasteiger partial charge in [0.1, 0.15) is 6.04 Å². The molecular weight excluding hydrogens is 374 g/mol. The standard InChI is InChI=1S/C21H29N3O3S/c1-6-16-10-12-17(13-11-16)20(23(2)3)15-22-21(25)18-8-7-9-19(14-18)28(26,27)24(4)5/h7-14,20H,6,15H2,1-5H3,(H,22,25)/p+1/t20-/m0/s1. The average Bonchev–Trinajstić information content (AvgIpc) is 2.68. The molecule has 2 aromatic carbocycles. The van der Waals surface area contributed by atoms with E-state index >= 15 is 0 Å². The predicted octanol–water partition coefficient (Wildman–Crippen LogP) is 1.11. The molecular formula is C21H30N3O3S+. The third kappa shape index (κ3) is 5.19. The van der Waals surface area contributed by atoms with Crippen molar-refractivity contribution in [3.05, 3.63) is 65.2 Å². The SMILES string of the molecule is CCc1ccc([C@H](CNC(=O)c2cccc(S(=O)(=O)N(C)C)c2)[NH+](C)C)cc1. The van der Waals surface area contributed by atoms with Gasteiger partial charge in [0.25, 0.3) is 5.91 Å². The number of hydrogen-bond donors (Lipinski definition) is 2. The molecule has 0 bridgehead atoms. The monoisotopic (exact) mass is 404 g/mol. The number of nitrogens with one attached hydrogen (secondary N) is 2. The average molecular weight is 405 g/mol. The molecule has 0 aliphatic carbocycles. The summed E-state index contributed by atoms with van der Waals surface area (Å²) in [4.78, 5) is 13.9.